The van der Waals surface area contributed by atoms with E-state index in [1.807, 2.05) is 17.5 Å². The number of rotatable bonds is 4. The molecular weight excluding hydrogens is 264 g/mol. The van der Waals surface area contributed by atoms with Gasteiger partial charge in [-0.3, -0.25) is 4.79 Å². The van der Waals surface area contributed by atoms with Crippen LogP contribution in [-0.2, 0) is 11.2 Å². The Hall–Kier alpha value is -2.34. The molecule has 98 valence electrons. The van der Waals surface area contributed by atoms with Gasteiger partial charge in [0.2, 0.25) is 5.91 Å². The van der Waals surface area contributed by atoms with Crippen molar-refractivity contribution in [3.05, 3.63) is 46.2 Å². The number of nitrogens with one attached hydrogen (secondary N) is 1. The van der Waals surface area contributed by atoms with E-state index in [0.29, 0.717) is 5.56 Å². The van der Waals surface area contributed by atoms with Crippen molar-refractivity contribution in [3.8, 4) is 11.5 Å². The SMILES string of the molecule is O=C(Cc1cccs1)N/N=C\c1ccc(O)cc1O. The molecule has 0 aliphatic carbocycles. The predicted molar refractivity (Wildman–Crippen MR) is 73.5 cm³/mol. The number of benzene rings is 1. The van der Waals surface area contributed by atoms with E-state index in [1.54, 1.807) is 0 Å². The maximum absolute atomic E-state index is 11.5. The van der Waals surface area contributed by atoms with Crippen molar-refractivity contribution in [1.29, 1.82) is 0 Å². The summed E-state index contributed by atoms with van der Waals surface area (Å²) in [5.74, 6) is -0.357. The number of thiophene rings is 1. The second-order valence-electron chi connectivity index (χ2n) is 3.79. The molecule has 5 nitrogen and oxygen atoms in total. The molecule has 0 radical (unpaired) electrons. The first-order valence-electron chi connectivity index (χ1n) is 5.51. The molecule has 0 atom stereocenters. The average molecular weight is 276 g/mol. The number of hydrogen-bond acceptors (Lipinski definition) is 5. The minimum atomic E-state index is -0.225. The zero-order valence-electron chi connectivity index (χ0n) is 9.91. The number of carbonyl (C=O) groups excluding carboxylic acids is 1. The maximum atomic E-state index is 11.5. The fraction of sp³-hybridized carbons (Fsp3) is 0.0769. The van der Waals surface area contributed by atoms with Crippen LogP contribution >= 0.6 is 11.3 Å². The highest BCUT2D eigenvalue weighted by Crippen LogP contribution is 2.20. The Morgan fingerprint density at radius 1 is 1.37 bits per heavy atom. The number of phenols is 2. The highest BCUT2D eigenvalue weighted by molar-refractivity contribution is 7.10. The number of phenolic OH excluding ortho intramolecular Hbond substituents is 2. The molecule has 3 N–H and O–H groups in total. The van der Waals surface area contributed by atoms with Gasteiger partial charge in [-0.05, 0) is 23.6 Å². The first-order valence-corrected chi connectivity index (χ1v) is 6.39. The fourth-order valence-corrected chi connectivity index (χ4v) is 2.13. The Morgan fingerprint density at radius 2 is 2.21 bits per heavy atom. The zero-order chi connectivity index (χ0) is 13.7. The minimum absolute atomic E-state index is 0.0311. The number of hydrazone groups is 1. The lowest BCUT2D eigenvalue weighted by molar-refractivity contribution is -0.120. The van der Waals surface area contributed by atoms with Gasteiger partial charge in [-0.15, -0.1) is 11.3 Å². The van der Waals surface area contributed by atoms with E-state index in [9.17, 15) is 9.90 Å². The van der Waals surface area contributed by atoms with E-state index >= 15 is 0 Å². The van der Waals surface area contributed by atoms with Crippen molar-refractivity contribution in [2.24, 2.45) is 5.10 Å². The summed E-state index contributed by atoms with van der Waals surface area (Å²) in [4.78, 5) is 12.5. The van der Waals surface area contributed by atoms with E-state index < -0.39 is 0 Å². The Kier molecular flexibility index (Phi) is 4.15. The lowest BCUT2D eigenvalue weighted by Crippen LogP contribution is -2.19. The van der Waals surface area contributed by atoms with Crippen LogP contribution in [0.25, 0.3) is 0 Å². The summed E-state index contributed by atoms with van der Waals surface area (Å²) in [6.45, 7) is 0. The Morgan fingerprint density at radius 3 is 2.89 bits per heavy atom. The van der Waals surface area contributed by atoms with E-state index in [4.69, 9.17) is 5.11 Å². The molecule has 0 aliphatic rings. The first kappa shape index (κ1) is 13.1. The van der Waals surface area contributed by atoms with Crippen molar-refractivity contribution in [1.82, 2.24) is 5.43 Å². The van der Waals surface area contributed by atoms with Gasteiger partial charge in [0, 0.05) is 16.5 Å². The lowest BCUT2D eigenvalue weighted by Gasteiger charge is -2.00. The maximum Gasteiger partial charge on any atom is 0.245 e. The summed E-state index contributed by atoms with van der Waals surface area (Å²) in [5, 5.41) is 24.3. The summed E-state index contributed by atoms with van der Waals surface area (Å²) < 4.78 is 0. The largest absolute Gasteiger partial charge is 0.508 e. The molecule has 0 aliphatic heterocycles. The van der Waals surface area contributed by atoms with Gasteiger partial charge in [-0.25, -0.2) is 5.43 Å². The third-order valence-corrected chi connectivity index (χ3v) is 3.20. The normalized spacial score (nSPS) is 10.7. The quantitative estimate of drug-likeness (QED) is 0.589. The minimum Gasteiger partial charge on any atom is -0.508 e. The van der Waals surface area contributed by atoms with E-state index in [2.05, 4.69) is 10.5 Å². The standard InChI is InChI=1S/C13H12N2O3S/c16-10-4-3-9(12(17)6-10)8-14-15-13(18)7-11-2-1-5-19-11/h1-6,8,16-17H,7H2,(H,15,18)/b14-8-. The number of amides is 1. The van der Waals surface area contributed by atoms with Gasteiger partial charge in [0.25, 0.3) is 0 Å². The summed E-state index contributed by atoms with van der Waals surface area (Å²) >= 11 is 1.50. The molecule has 1 amide bonds. The van der Waals surface area contributed by atoms with Gasteiger partial charge in [0.05, 0.1) is 12.6 Å². The highest BCUT2D eigenvalue weighted by Gasteiger charge is 2.03. The number of hydrogen-bond donors (Lipinski definition) is 3. The van der Waals surface area contributed by atoms with Gasteiger partial charge in [0.1, 0.15) is 11.5 Å². The monoisotopic (exact) mass is 276 g/mol. The number of carbonyl (C=O) groups is 1. The van der Waals surface area contributed by atoms with Crippen molar-refractivity contribution >= 4 is 23.5 Å². The van der Waals surface area contributed by atoms with Gasteiger partial charge in [-0.1, -0.05) is 6.07 Å². The third kappa shape index (κ3) is 3.82. The lowest BCUT2D eigenvalue weighted by atomic mass is 10.2. The van der Waals surface area contributed by atoms with Crippen LogP contribution in [0.3, 0.4) is 0 Å². The molecule has 0 bridgehead atoms. The Labute approximate surface area is 113 Å². The van der Waals surface area contributed by atoms with Crippen LogP contribution in [0.4, 0.5) is 0 Å². The molecule has 19 heavy (non-hydrogen) atoms. The molecule has 0 saturated heterocycles. The average Bonchev–Trinajstić information content (AvgIpc) is 2.84. The number of nitrogens with zero attached hydrogens (tertiary/aromatic N) is 1. The van der Waals surface area contributed by atoms with E-state index in [1.165, 1.54) is 35.8 Å². The van der Waals surface area contributed by atoms with Gasteiger partial charge >= 0.3 is 0 Å². The molecular formula is C13H12N2O3S. The molecule has 2 rings (SSSR count). The van der Waals surface area contributed by atoms with E-state index in [0.717, 1.165) is 4.88 Å². The molecule has 6 heteroatoms. The van der Waals surface area contributed by atoms with Crippen molar-refractivity contribution in [2.45, 2.75) is 6.42 Å². The van der Waals surface area contributed by atoms with Crippen molar-refractivity contribution in [3.63, 3.8) is 0 Å². The fourth-order valence-electron chi connectivity index (χ4n) is 1.43. The van der Waals surface area contributed by atoms with Crippen LogP contribution in [0.1, 0.15) is 10.4 Å². The molecule has 0 fully saturated rings. The molecule has 0 saturated carbocycles. The Bertz CT molecular complexity index is 594. The number of aromatic hydroxyl groups is 2. The van der Waals surface area contributed by atoms with Crippen LogP contribution in [0.5, 0.6) is 11.5 Å². The van der Waals surface area contributed by atoms with E-state index in [-0.39, 0.29) is 23.8 Å². The zero-order valence-corrected chi connectivity index (χ0v) is 10.7. The van der Waals surface area contributed by atoms with Crippen LogP contribution < -0.4 is 5.43 Å². The van der Waals surface area contributed by atoms with Gasteiger partial charge in [0.15, 0.2) is 0 Å². The van der Waals surface area contributed by atoms with Crippen molar-refractivity contribution < 1.29 is 15.0 Å². The van der Waals surface area contributed by atoms with Gasteiger partial charge in [-0.2, -0.15) is 5.10 Å². The molecule has 0 spiro atoms. The van der Waals surface area contributed by atoms with Gasteiger partial charge < -0.3 is 10.2 Å². The van der Waals surface area contributed by atoms with Crippen molar-refractivity contribution in [2.75, 3.05) is 0 Å². The summed E-state index contributed by atoms with van der Waals surface area (Å²) in [7, 11) is 0. The summed E-state index contributed by atoms with van der Waals surface area (Å²) in [5.41, 5.74) is 2.79. The van der Waals surface area contributed by atoms with Crippen LogP contribution in [0, 0.1) is 0 Å². The predicted octanol–water partition coefficient (Wildman–Crippen LogP) is 1.85. The highest BCUT2D eigenvalue weighted by atomic mass is 32.1. The second kappa shape index (κ2) is 6.01. The topological polar surface area (TPSA) is 81.9 Å². The molecule has 1 heterocycles. The molecule has 1 aromatic carbocycles. The third-order valence-electron chi connectivity index (χ3n) is 2.32. The molecule has 1 aromatic heterocycles. The van der Waals surface area contributed by atoms with Crippen LogP contribution in [0.15, 0.2) is 40.8 Å². The molecule has 0 unspecified atom stereocenters. The summed E-state index contributed by atoms with van der Waals surface area (Å²) in [6, 6.07) is 7.88. The summed E-state index contributed by atoms with van der Waals surface area (Å²) in [6.07, 6.45) is 1.59. The Balaban J connectivity index is 1.91. The second-order valence-corrected chi connectivity index (χ2v) is 4.82. The van der Waals surface area contributed by atoms with Crippen LogP contribution in [0.2, 0.25) is 0 Å². The van der Waals surface area contributed by atoms with Crippen LogP contribution in [-0.4, -0.2) is 22.3 Å². The first-order chi connectivity index (χ1) is 9.15. The smallest absolute Gasteiger partial charge is 0.245 e. The molecule has 2 aromatic rings.